The normalized spacial score (nSPS) is 17.5. The molecule has 1 aromatic carbocycles. The molecular weight excluding hydrogens is 575 g/mol. The molecule has 2 aliphatic rings. The molecule has 43 heavy (non-hydrogen) atoms. The molecule has 236 valence electrons. The molecule has 0 aliphatic carbocycles. The van der Waals surface area contributed by atoms with Gasteiger partial charge in [0.15, 0.2) is 0 Å². The summed E-state index contributed by atoms with van der Waals surface area (Å²) in [5.74, 6) is -5.03. The third-order valence-corrected chi connectivity index (χ3v) is 6.88. The average Bonchev–Trinajstić information content (AvgIpc) is 3.35. The van der Waals surface area contributed by atoms with Crippen LogP contribution in [-0.2, 0) is 31.9 Å². The smallest absolute Gasteiger partial charge is 0.416 e. The monoisotopic (exact) mass is 611 g/mol. The quantitative estimate of drug-likeness (QED) is 0.241. The van der Waals surface area contributed by atoms with Gasteiger partial charge in [0.1, 0.15) is 0 Å². The van der Waals surface area contributed by atoms with Crippen molar-refractivity contribution in [3.63, 3.8) is 0 Å². The second kappa shape index (κ2) is 17.1. The van der Waals surface area contributed by atoms with E-state index in [1.54, 1.807) is 12.1 Å². The van der Waals surface area contributed by atoms with Gasteiger partial charge in [0.05, 0.1) is 5.56 Å². The molecule has 1 unspecified atom stereocenters. The van der Waals surface area contributed by atoms with Crippen molar-refractivity contribution >= 4 is 34.8 Å². The van der Waals surface area contributed by atoms with Crippen LogP contribution in [0.4, 0.5) is 13.2 Å². The van der Waals surface area contributed by atoms with Crippen molar-refractivity contribution in [1.29, 1.82) is 0 Å². The number of halogens is 3. The Morgan fingerprint density at radius 1 is 0.791 bits per heavy atom. The molecule has 0 bridgehead atoms. The first-order valence-electron chi connectivity index (χ1n) is 13.7. The highest BCUT2D eigenvalue weighted by molar-refractivity contribution is 5.90. The van der Waals surface area contributed by atoms with Gasteiger partial charge in [-0.05, 0) is 63.0 Å². The maximum Gasteiger partial charge on any atom is 0.416 e. The van der Waals surface area contributed by atoms with Gasteiger partial charge in [-0.25, -0.2) is 19.2 Å². The lowest BCUT2D eigenvalue weighted by molar-refractivity contribution is -0.137. The van der Waals surface area contributed by atoms with Crippen LogP contribution in [0.2, 0.25) is 0 Å². The number of aromatic nitrogens is 1. The van der Waals surface area contributed by atoms with Crippen molar-refractivity contribution in [3.8, 4) is 0 Å². The number of carboxylic acids is 4. The number of aryl methyl sites for hydroxylation is 1. The summed E-state index contributed by atoms with van der Waals surface area (Å²) < 4.78 is 40.6. The molecule has 2 saturated heterocycles. The van der Waals surface area contributed by atoms with Crippen LogP contribution in [0.15, 0.2) is 54.8 Å². The zero-order valence-corrected chi connectivity index (χ0v) is 23.4. The van der Waals surface area contributed by atoms with Crippen LogP contribution >= 0.6 is 0 Å². The highest BCUT2D eigenvalue weighted by Crippen LogP contribution is 2.31. The second-order valence-electron chi connectivity index (χ2n) is 9.99. The standard InChI is InChI=1S/C21H28F3N3.2C4H4O4/c22-21(23,24)18-6-7-20-17(15-18)8-12-27(20)11-4-3-9-25-13-14-26-10-2-1-5-19(26)16-25;2*5-3(6)1-2-4(7)8/h6-8,12,15,19H,1-5,9-11,13-14,16H2;2*1-2H,(H,5,6)(H,7,8). The van der Waals surface area contributed by atoms with E-state index in [9.17, 15) is 32.3 Å². The molecule has 0 radical (unpaired) electrons. The molecule has 1 atom stereocenters. The fraction of sp³-hybridized carbons (Fsp3) is 0.448. The van der Waals surface area contributed by atoms with Gasteiger partial charge in [-0.3, -0.25) is 4.90 Å². The Balaban J connectivity index is 0.000000334. The molecule has 2 aliphatic heterocycles. The van der Waals surface area contributed by atoms with Gasteiger partial charge in [-0.15, -0.1) is 0 Å². The van der Waals surface area contributed by atoms with Crippen molar-refractivity contribution in [2.24, 2.45) is 0 Å². The SMILES string of the molecule is FC(F)(F)c1ccc2c(ccn2CCCCN2CCN3CCCCC3C2)c1.O=C(O)C=CC(=O)O.O=C(O)C=CC(=O)O. The Bertz CT molecular complexity index is 1240. The van der Waals surface area contributed by atoms with Crippen LogP contribution in [0, 0.1) is 0 Å². The summed E-state index contributed by atoms with van der Waals surface area (Å²) in [7, 11) is 0. The second-order valence-corrected chi connectivity index (χ2v) is 9.99. The molecule has 4 N–H and O–H groups in total. The Morgan fingerprint density at radius 2 is 1.37 bits per heavy atom. The molecule has 0 spiro atoms. The van der Waals surface area contributed by atoms with Crippen molar-refractivity contribution in [1.82, 2.24) is 14.4 Å². The number of rotatable bonds is 9. The van der Waals surface area contributed by atoms with E-state index in [0.717, 1.165) is 37.5 Å². The number of piperidine rings is 1. The summed E-state index contributed by atoms with van der Waals surface area (Å²) in [6, 6.07) is 6.56. The molecule has 2 fully saturated rings. The first-order chi connectivity index (χ1) is 20.3. The lowest BCUT2D eigenvalue weighted by Crippen LogP contribution is -2.54. The van der Waals surface area contributed by atoms with Gasteiger partial charge in [0, 0.05) is 73.6 Å². The van der Waals surface area contributed by atoms with Crippen LogP contribution in [0.25, 0.3) is 10.9 Å². The van der Waals surface area contributed by atoms with Gasteiger partial charge in [0.25, 0.3) is 0 Å². The van der Waals surface area contributed by atoms with Crippen LogP contribution in [0.1, 0.15) is 37.7 Å². The first kappa shape index (κ1) is 35.0. The number of benzene rings is 1. The fourth-order valence-corrected chi connectivity index (χ4v) is 4.90. The highest BCUT2D eigenvalue weighted by Gasteiger charge is 2.31. The van der Waals surface area contributed by atoms with E-state index >= 15 is 0 Å². The van der Waals surface area contributed by atoms with Crippen molar-refractivity contribution in [3.05, 3.63) is 60.3 Å². The summed E-state index contributed by atoms with van der Waals surface area (Å²) in [6.07, 6.45) is 6.10. The summed E-state index contributed by atoms with van der Waals surface area (Å²) in [4.78, 5) is 43.5. The van der Waals surface area contributed by atoms with E-state index in [1.165, 1.54) is 57.6 Å². The van der Waals surface area contributed by atoms with Gasteiger partial charge < -0.3 is 29.9 Å². The number of alkyl halides is 3. The van der Waals surface area contributed by atoms with Gasteiger partial charge in [0.2, 0.25) is 0 Å². The minimum Gasteiger partial charge on any atom is -0.478 e. The van der Waals surface area contributed by atoms with E-state index in [4.69, 9.17) is 20.4 Å². The fourth-order valence-electron chi connectivity index (χ4n) is 4.90. The third-order valence-electron chi connectivity index (χ3n) is 6.88. The number of unbranched alkanes of at least 4 members (excludes halogenated alkanes) is 1. The lowest BCUT2D eigenvalue weighted by Gasteiger charge is -2.44. The van der Waals surface area contributed by atoms with Crippen molar-refractivity contribution in [2.75, 3.05) is 32.7 Å². The summed E-state index contributed by atoms with van der Waals surface area (Å²) in [5, 5.41) is 31.9. The number of carbonyl (C=O) groups is 4. The van der Waals surface area contributed by atoms with Crippen LogP contribution < -0.4 is 0 Å². The molecule has 0 amide bonds. The zero-order chi connectivity index (χ0) is 32.0. The van der Waals surface area contributed by atoms with Crippen molar-refractivity contribution < 1.29 is 52.8 Å². The minimum absolute atomic E-state index is 0.558. The molecule has 14 heteroatoms. The first-order valence-corrected chi connectivity index (χ1v) is 13.7. The topological polar surface area (TPSA) is 161 Å². The molecule has 1 aromatic heterocycles. The Morgan fingerprint density at radius 3 is 1.93 bits per heavy atom. The van der Waals surface area contributed by atoms with E-state index in [-0.39, 0.29) is 0 Å². The third kappa shape index (κ3) is 13.1. The number of carboxylic acid groups (broad SMARTS) is 4. The van der Waals surface area contributed by atoms with Gasteiger partial charge in [-0.1, -0.05) is 6.42 Å². The number of fused-ring (bicyclic) bond motifs is 2. The Labute approximate surface area is 246 Å². The van der Waals surface area contributed by atoms with E-state index in [0.29, 0.717) is 29.7 Å². The zero-order valence-electron chi connectivity index (χ0n) is 23.4. The number of piperazine rings is 1. The number of hydrogen-bond acceptors (Lipinski definition) is 6. The average molecular weight is 612 g/mol. The molecule has 3 heterocycles. The van der Waals surface area contributed by atoms with E-state index in [2.05, 4.69) is 14.4 Å². The molecule has 11 nitrogen and oxygen atoms in total. The Kier molecular flexibility index (Phi) is 13.9. The van der Waals surface area contributed by atoms with Gasteiger partial charge in [-0.2, -0.15) is 13.2 Å². The van der Waals surface area contributed by atoms with Crippen molar-refractivity contribution in [2.45, 2.75) is 50.9 Å². The van der Waals surface area contributed by atoms with Gasteiger partial charge >= 0.3 is 30.1 Å². The summed E-state index contributed by atoms with van der Waals surface area (Å²) >= 11 is 0. The number of hydrogen-bond donors (Lipinski definition) is 4. The number of nitrogens with zero attached hydrogens (tertiary/aromatic N) is 3. The van der Waals surface area contributed by atoms with E-state index in [1.807, 2.05) is 6.20 Å². The Hall–Kier alpha value is -4.17. The van der Waals surface area contributed by atoms with Crippen LogP contribution in [0.5, 0.6) is 0 Å². The number of aliphatic carboxylic acids is 4. The molecule has 0 saturated carbocycles. The largest absolute Gasteiger partial charge is 0.478 e. The maximum atomic E-state index is 12.8. The summed E-state index contributed by atoms with van der Waals surface area (Å²) in [6.45, 7) is 6.83. The maximum absolute atomic E-state index is 12.8. The predicted octanol–water partition coefficient (Wildman–Crippen LogP) is 4.03. The predicted molar refractivity (Wildman–Crippen MR) is 151 cm³/mol. The minimum atomic E-state index is -4.28. The lowest BCUT2D eigenvalue weighted by atomic mass is 9.99. The summed E-state index contributed by atoms with van der Waals surface area (Å²) in [5.41, 5.74) is 0.313. The molecule has 4 rings (SSSR count). The van der Waals surface area contributed by atoms with Crippen LogP contribution in [0.3, 0.4) is 0 Å². The van der Waals surface area contributed by atoms with E-state index < -0.39 is 35.6 Å². The van der Waals surface area contributed by atoms with Crippen LogP contribution in [-0.4, -0.2) is 97.4 Å². The highest BCUT2D eigenvalue weighted by atomic mass is 19.4. The molecule has 2 aromatic rings. The molecular formula is C29H36F3N3O8.